The number of nitrogens with one attached hydrogen (secondary N) is 1. The van der Waals surface area contributed by atoms with E-state index in [1.807, 2.05) is 0 Å². The number of nitrogens with zero attached hydrogens (tertiary/aromatic N) is 2. The van der Waals surface area contributed by atoms with Crippen LogP contribution < -0.4 is 5.32 Å². The first-order valence-electron chi connectivity index (χ1n) is 9.68. The number of ketones is 1. The van der Waals surface area contributed by atoms with Crippen molar-refractivity contribution in [3.63, 3.8) is 0 Å². The van der Waals surface area contributed by atoms with Gasteiger partial charge >= 0.3 is 0 Å². The molecule has 4 rings (SSSR count). The van der Waals surface area contributed by atoms with Crippen LogP contribution in [0.25, 0.3) is 11.3 Å². The molecule has 0 unspecified atom stereocenters. The van der Waals surface area contributed by atoms with E-state index in [1.54, 1.807) is 42.9 Å². The van der Waals surface area contributed by atoms with Gasteiger partial charge in [-0.25, -0.2) is 4.39 Å². The maximum atomic E-state index is 13.6. The molecule has 0 radical (unpaired) electrons. The maximum absolute atomic E-state index is 13.6. The lowest BCUT2D eigenvalue weighted by Gasteiger charge is -2.11. The fourth-order valence-corrected chi connectivity index (χ4v) is 3.86. The Hall–Kier alpha value is -3.22. The lowest BCUT2D eigenvalue weighted by molar-refractivity contribution is 0.0929. The van der Waals surface area contributed by atoms with Crippen LogP contribution in [0.5, 0.6) is 0 Å². The van der Waals surface area contributed by atoms with Crippen molar-refractivity contribution in [1.82, 2.24) is 15.0 Å². The third-order valence-corrected chi connectivity index (χ3v) is 5.38. The van der Waals surface area contributed by atoms with Crippen molar-refractivity contribution in [3.05, 3.63) is 64.9 Å². The molecule has 29 heavy (non-hydrogen) atoms. The first-order valence-corrected chi connectivity index (χ1v) is 9.68. The average Bonchev–Trinajstić information content (AvgIpc) is 3.41. The molecule has 3 aromatic rings. The summed E-state index contributed by atoms with van der Waals surface area (Å²) in [5.41, 5.74) is 1.78. The van der Waals surface area contributed by atoms with Gasteiger partial charge in [0.1, 0.15) is 23.0 Å². The molecule has 1 fully saturated rings. The highest BCUT2D eigenvalue weighted by Crippen LogP contribution is 2.28. The van der Waals surface area contributed by atoms with Crippen molar-refractivity contribution in [2.45, 2.75) is 38.6 Å². The second-order valence-electron chi connectivity index (χ2n) is 7.48. The number of aromatic nitrogens is 2. The van der Waals surface area contributed by atoms with Gasteiger partial charge in [-0.3, -0.25) is 9.59 Å². The Morgan fingerprint density at radius 2 is 2.00 bits per heavy atom. The maximum Gasteiger partial charge on any atom is 0.268 e. The molecule has 1 saturated carbocycles. The number of halogens is 1. The summed E-state index contributed by atoms with van der Waals surface area (Å²) in [4.78, 5) is 25.8. The lowest BCUT2D eigenvalue weighted by atomic mass is 9.99. The minimum absolute atomic E-state index is 0.189. The molecule has 2 aromatic heterocycles. The van der Waals surface area contributed by atoms with E-state index in [0.717, 1.165) is 25.7 Å². The number of carbonyl (C=O) groups is 2. The van der Waals surface area contributed by atoms with Crippen LogP contribution in [0.15, 0.2) is 41.1 Å². The smallest absolute Gasteiger partial charge is 0.268 e. The first kappa shape index (κ1) is 19.1. The monoisotopic (exact) mass is 395 g/mol. The molecule has 1 amide bonds. The largest absolute Gasteiger partial charge is 0.360 e. The molecule has 1 aliphatic carbocycles. The molecule has 1 N–H and O–H groups in total. The molecule has 1 aromatic carbocycles. The van der Waals surface area contributed by atoms with Gasteiger partial charge < -0.3 is 14.4 Å². The van der Waals surface area contributed by atoms with E-state index in [1.165, 1.54) is 12.1 Å². The Morgan fingerprint density at radius 3 is 2.72 bits per heavy atom. The predicted molar refractivity (Wildman–Crippen MR) is 105 cm³/mol. The number of aryl methyl sites for hydroxylation is 2. The summed E-state index contributed by atoms with van der Waals surface area (Å²) in [6.45, 7) is 1.64. The predicted octanol–water partition coefficient (Wildman–Crippen LogP) is 4.03. The van der Waals surface area contributed by atoms with Crippen molar-refractivity contribution in [3.8, 4) is 11.3 Å². The minimum Gasteiger partial charge on any atom is -0.360 e. The molecule has 0 aliphatic heterocycles. The highest BCUT2D eigenvalue weighted by Gasteiger charge is 2.26. The zero-order chi connectivity index (χ0) is 20.5. The molecule has 150 valence electrons. The Morgan fingerprint density at radius 1 is 1.24 bits per heavy atom. The van der Waals surface area contributed by atoms with Gasteiger partial charge in [-0.15, -0.1) is 0 Å². The van der Waals surface area contributed by atoms with Gasteiger partial charge in [0.25, 0.3) is 5.91 Å². The van der Waals surface area contributed by atoms with Gasteiger partial charge in [-0.1, -0.05) is 30.1 Å². The Kier molecular flexibility index (Phi) is 5.05. The number of rotatable bonds is 5. The minimum atomic E-state index is -0.424. The second kappa shape index (κ2) is 7.66. The quantitative estimate of drug-likeness (QED) is 0.662. The van der Waals surface area contributed by atoms with Crippen molar-refractivity contribution < 1.29 is 18.5 Å². The zero-order valence-electron chi connectivity index (χ0n) is 16.4. The third kappa shape index (κ3) is 3.72. The van der Waals surface area contributed by atoms with Crippen molar-refractivity contribution in [2.75, 3.05) is 0 Å². The summed E-state index contributed by atoms with van der Waals surface area (Å²) in [5.74, 6) is -0.591. The van der Waals surface area contributed by atoms with Crippen LogP contribution in [-0.4, -0.2) is 27.5 Å². The SMILES string of the molecule is Cc1onc(-c2cccc(F)c2)c1C(=O)c1cc(C(=O)NC2CCCC2)n(C)c1. The van der Waals surface area contributed by atoms with Crippen LogP contribution in [-0.2, 0) is 7.05 Å². The third-order valence-electron chi connectivity index (χ3n) is 5.38. The Balaban J connectivity index is 1.64. The molecule has 0 saturated heterocycles. The average molecular weight is 395 g/mol. The zero-order valence-corrected chi connectivity index (χ0v) is 16.4. The van der Waals surface area contributed by atoms with Crippen LogP contribution in [0.4, 0.5) is 4.39 Å². The van der Waals surface area contributed by atoms with Gasteiger partial charge in [0, 0.05) is 30.4 Å². The second-order valence-corrected chi connectivity index (χ2v) is 7.48. The lowest BCUT2D eigenvalue weighted by Crippen LogP contribution is -2.33. The number of hydrogen-bond donors (Lipinski definition) is 1. The van der Waals surface area contributed by atoms with E-state index in [2.05, 4.69) is 10.5 Å². The van der Waals surface area contributed by atoms with E-state index in [0.29, 0.717) is 22.6 Å². The summed E-state index contributed by atoms with van der Waals surface area (Å²) < 4.78 is 20.5. The van der Waals surface area contributed by atoms with Gasteiger partial charge in [-0.05, 0) is 38.0 Å². The van der Waals surface area contributed by atoms with Crippen molar-refractivity contribution in [2.24, 2.45) is 7.05 Å². The fourth-order valence-electron chi connectivity index (χ4n) is 3.86. The van der Waals surface area contributed by atoms with Gasteiger partial charge in [0.2, 0.25) is 0 Å². The summed E-state index contributed by atoms with van der Waals surface area (Å²) in [5, 5.41) is 6.99. The molecule has 0 bridgehead atoms. The van der Waals surface area contributed by atoms with Gasteiger partial charge in [0.05, 0.1) is 5.56 Å². The van der Waals surface area contributed by atoms with Crippen LogP contribution >= 0.6 is 0 Å². The van der Waals surface area contributed by atoms with E-state index in [-0.39, 0.29) is 29.0 Å². The molecular formula is C22H22FN3O3. The van der Waals surface area contributed by atoms with Crippen LogP contribution in [0.1, 0.15) is 57.9 Å². The molecule has 0 spiro atoms. The number of carbonyl (C=O) groups excluding carboxylic acids is 2. The molecule has 0 atom stereocenters. The molecule has 6 nitrogen and oxygen atoms in total. The highest BCUT2D eigenvalue weighted by molar-refractivity contribution is 6.13. The molecule has 7 heteroatoms. The highest BCUT2D eigenvalue weighted by atomic mass is 19.1. The Labute approximate surface area is 167 Å². The number of benzene rings is 1. The number of amides is 1. The van der Waals surface area contributed by atoms with E-state index in [4.69, 9.17) is 4.52 Å². The van der Waals surface area contributed by atoms with Crippen molar-refractivity contribution in [1.29, 1.82) is 0 Å². The molecule has 2 heterocycles. The molecular weight excluding hydrogens is 373 g/mol. The van der Waals surface area contributed by atoms with Crippen LogP contribution in [0, 0.1) is 12.7 Å². The summed E-state index contributed by atoms with van der Waals surface area (Å²) in [7, 11) is 1.73. The van der Waals surface area contributed by atoms with E-state index < -0.39 is 5.82 Å². The fraction of sp³-hybridized carbons (Fsp3) is 0.318. The van der Waals surface area contributed by atoms with E-state index in [9.17, 15) is 14.0 Å². The summed E-state index contributed by atoms with van der Waals surface area (Å²) in [6.07, 6.45) is 5.83. The molecule has 1 aliphatic rings. The van der Waals surface area contributed by atoms with Crippen LogP contribution in [0.3, 0.4) is 0 Å². The standard InChI is InChI=1S/C22H22FN3O3/c1-13-19(20(25-29-13)14-6-5-7-16(23)10-14)21(27)15-11-18(26(2)12-15)22(28)24-17-8-3-4-9-17/h5-7,10-12,17H,3-4,8-9H2,1-2H3,(H,24,28). The summed E-state index contributed by atoms with van der Waals surface area (Å²) >= 11 is 0. The van der Waals surface area contributed by atoms with Gasteiger partial charge in [-0.2, -0.15) is 0 Å². The summed E-state index contributed by atoms with van der Waals surface area (Å²) in [6, 6.07) is 7.62. The Bertz CT molecular complexity index is 1080. The topological polar surface area (TPSA) is 77.1 Å². The van der Waals surface area contributed by atoms with Crippen LogP contribution in [0.2, 0.25) is 0 Å². The van der Waals surface area contributed by atoms with Gasteiger partial charge in [0.15, 0.2) is 5.78 Å². The van der Waals surface area contributed by atoms with Crippen molar-refractivity contribution >= 4 is 11.7 Å². The number of hydrogen-bond acceptors (Lipinski definition) is 4. The normalized spacial score (nSPS) is 14.3. The van der Waals surface area contributed by atoms with E-state index >= 15 is 0 Å². The first-order chi connectivity index (χ1) is 13.9.